The van der Waals surface area contributed by atoms with Crippen molar-refractivity contribution in [3.63, 3.8) is 0 Å². The molecule has 2 rings (SSSR count). The number of morpholine rings is 1. The van der Waals surface area contributed by atoms with E-state index in [-0.39, 0.29) is 36.6 Å². The van der Waals surface area contributed by atoms with Crippen LogP contribution >= 0.6 is 0 Å². The summed E-state index contributed by atoms with van der Waals surface area (Å²) in [6.45, 7) is 2.28. The van der Waals surface area contributed by atoms with Crippen molar-refractivity contribution < 1.29 is 19.6 Å². The molecule has 2 atom stereocenters. The summed E-state index contributed by atoms with van der Waals surface area (Å²) in [5, 5.41) is 19.9. The third-order valence-corrected chi connectivity index (χ3v) is 3.47. The lowest BCUT2D eigenvalue weighted by molar-refractivity contribution is -0.391. The number of amides is 1. The van der Waals surface area contributed by atoms with Crippen LogP contribution in [-0.2, 0) is 11.8 Å². The molecule has 8 nitrogen and oxygen atoms in total. The summed E-state index contributed by atoms with van der Waals surface area (Å²) < 4.78 is 6.63. The van der Waals surface area contributed by atoms with Crippen LogP contribution in [0.3, 0.4) is 0 Å². The lowest BCUT2D eigenvalue weighted by atomic mass is 10.2. The van der Waals surface area contributed by atoms with E-state index in [1.54, 1.807) is 4.90 Å². The molecule has 0 spiro atoms. The Hall–Kier alpha value is -1.93. The monoisotopic (exact) mass is 283 g/mol. The molecule has 110 valence electrons. The second-order valence-electron chi connectivity index (χ2n) is 4.84. The summed E-state index contributed by atoms with van der Waals surface area (Å²) in [7, 11) is 1.49. The summed E-state index contributed by atoms with van der Waals surface area (Å²) >= 11 is 0. The summed E-state index contributed by atoms with van der Waals surface area (Å²) in [5.41, 5.74) is 0.252. The zero-order valence-electron chi connectivity index (χ0n) is 11.4. The van der Waals surface area contributed by atoms with E-state index in [4.69, 9.17) is 9.84 Å². The Morgan fingerprint density at radius 2 is 2.30 bits per heavy atom. The number of hydrogen-bond acceptors (Lipinski definition) is 5. The van der Waals surface area contributed by atoms with Crippen molar-refractivity contribution in [2.45, 2.75) is 19.1 Å². The minimum absolute atomic E-state index is 0.132. The molecule has 1 aromatic heterocycles. The Morgan fingerprint density at radius 1 is 1.60 bits per heavy atom. The molecule has 1 aliphatic rings. The van der Waals surface area contributed by atoms with Crippen molar-refractivity contribution in [3.05, 3.63) is 27.9 Å². The topological polar surface area (TPSA) is 97.8 Å². The fourth-order valence-electron chi connectivity index (χ4n) is 2.26. The van der Waals surface area contributed by atoms with Crippen LogP contribution in [0.4, 0.5) is 5.82 Å². The van der Waals surface area contributed by atoms with Crippen molar-refractivity contribution in [3.8, 4) is 0 Å². The average molecular weight is 283 g/mol. The van der Waals surface area contributed by atoms with Gasteiger partial charge in [-0.1, -0.05) is 0 Å². The Kier molecular flexibility index (Phi) is 4.05. The Bertz CT molecular complexity index is 527. The third kappa shape index (κ3) is 2.52. The number of rotatable bonds is 3. The van der Waals surface area contributed by atoms with Crippen LogP contribution in [0.2, 0.25) is 0 Å². The fraction of sp³-hybridized carbons (Fsp3) is 0.583. The number of hydrogen-bond donors (Lipinski definition) is 1. The minimum atomic E-state index is -0.532. The van der Waals surface area contributed by atoms with Crippen LogP contribution < -0.4 is 0 Å². The number of nitro groups is 1. The largest absolute Gasteiger partial charge is 0.394 e. The Balaban J connectivity index is 2.24. The molecule has 8 heteroatoms. The molecule has 1 fully saturated rings. The molecule has 1 aliphatic heterocycles. The second-order valence-corrected chi connectivity index (χ2v) is 4.84. The van der Waals surface area contributed by atoms with E-state index in [1.165, 1.54) is 23.7 Å². The van der Waals surface area contributed by atoms with E-state index < -0.39 is 11.0 Å². The fourth-order valence-corrected chi connectivity index (χ4v) is 2.26. The maximum absolute atomic E-state index is 12.5. The van der Waals surface area contributed by atoms with Crippen LogP contribution in [0.1, 0.15) is 17.4 Å². The first-order chi connectivity index (χ1) is 9.45. The van der Waals surface area contributed by atoms with Crippen LogP contribution in [0.5, 0.6) is 0 Å². The molecule has 2 heterocycles. The first kappa shape index (κ1) is 14.5. The number of carbonyl (C=O) groups is 1. The Labute approximate surface area is 115 Å². The quantitative estimate of drug-likeness (QED) is 0.629. The van der Waals surface area contributed by atoms with Crippen LogP contribution in [0.25, 0.3) is 0 Å². The summed E-state index contributed by atoms with van der Waals surface area (Å²) in [4.78, 5) is 24.3. The highest BCUT2D eigenvalue weighted by atomic mass is 16.6. The molecule has 2 unspecified atom stereocenters. The third-order valence-electron chi connectivity index (χ3n) is 3.47. The van der Waals surface area contributed by atoms with Gasteiger partial charge in [0.25, 0.3) is 5.91 Å². The van der Waals surface area contributed by atoms with Crippen molar-refractivity contribution in [1.29, 1.82) is 0 Å². The zero-order chi connectivity index (χ0) is 14.9. The van der Waals surface area contributed by atoms with Gasteiger partial charge in [0, 0.05) is 12.6 Å². The number of aliphatic hydroxyl groups is 1. The van der Waals surface area contributed by atoms with Gasteiger partial charge in [-0.2, -0.15) is 0 Å². The van der Waals surface area contributed by atoms with Crippen LogP contribution in [-0.4, -0.2) is 57.3 Å². The molecule has 0 aliphatic carbocycles. The van der Waals surface area contributed by atoms with E-state index in [0.29, 0.717) is 6.61 Å². The predicted molar refractivity (Wildman–Crippen MR) is 69.4 cm³/mol. The molecule has 0 bridgehead atoms. The summed E-state index contributed by atoms with van der Waals surface area (Å²) in [6.07, 6.45) is -0.412. The Morgan fingerprint density at radius 3 is 2.85 bits per heavy atom. The van der Waals surface area contributed by atoms with E-state index in [9.17, 15) is 14.9 Å². The molecule has 0 radical (unpaired) electrons. The number of carbonyl (C=O) groups excluding carboxylic acids is 1. The molecule has 0 aromatic carbocycles. The summed E-state index contributed by atoms with van der Waals surface area (Å²) in [6, 6.07) is 2.61. The van der Waals surface area contributed by atoms with Gasteiger partial charge in [-0.15, -0.1) is 0 Å². The highest BCUT2D eigenvalue weighted by Gasteiger charge is 2.33. The number of aromatic nitrogens is 1. The van der Waals surface area contributed by atoms with Gasteiger partial charge in [-0.25, -0.2) is 4.57 Å². The van der Waals surface area contributed by atoms with Crippen molar-refractivity contribution in [1.82, 2.24) is 9.47 Å². The molecule has 1 aromatic rings. The standard InChI is InChI=1S/C12H17N3O5/c1-8-7-20-9(6-16)5-14(8)12(17)10-3-4-11(13(10)2)15(18)19/h3-4,8-9,16H,5-7H2,1-2H3. The first-order valence-electron chi connectivity index (χ1n) is 6.29. The van der Waals surface area contributed by atoms with Crippen LogP contribution in [0, 0.1) is 10.1 Å². The maximum Gasteiger partial charge on any atom is 0.323 e. The van der Waals surface area contributed by atoms with Gasteiger partial charge in [0.1, 0.15) is 0 Å². The van der Waals surface area contributed by atoms with Crippen molar-refractivity contribution in [2.75, 3.05) is 19.8 Å². The van der Waals surface area contributed by atoms with E-state index in [0.717, 1.165) is 0 Å². The van der Waals surface area contributed by atoms with Gasteiger partial charge in [0.05, 0.1) is 32.4 Å². The lowest BCUT2D eigenvalue weighted by Crippen LogP contribution is -2.52. The highest BCUT2D eigenvalue weighted by molar-refractivity contribution is 5.93. The van der Waals surface area contributed by atoms with Crippen molar-refractivity contribution in [2.24, 2.45) is 7.05 Å². The van der Waals surface area contributed by atoms with Gasteiger partial charge < -0.3 is 24.9 Å². The molecular weight excluding hydrogens is 266 g/mol. The lowest BCUT2D eigenvalue weighted by Gasteiger charge is -2.36. The van der Waals surface area contributed by atoms with Crippen molar-refractivity contribution >= 4 is 11.7 Å². The minimum Gasteiger partial charge on any atom is -0.394 e. The van der Waals surface area contributed by atoms with Gasteiger partial charge in [-0.3, -0.25) is 4.79 Å². The van der Waals surface area contributed by atoms with Gasteiger partial charge in [-0.05, 0) is 17.9 Å². The van der Waals surface area contributed by atoms with Gasteiger partial charge >= 0.3 is 5.82 Å². The maximum atomic E-state index is 12.5. The molecule has 20 heavy (non-hydrogen) atoms. The molecule has 0 saturated carbocycles. The van der Waals surface area contributed by atoms with E-state index >= 15 is 0 Å². The number of ether oxygens (including phenoxy) is 1. The normalized spacial score (nSPS) is 22.9. The SMILES string of the molecule is CC1COC(CO)CN1C(=O)c1ccc([N+](=O)[O-])n1C. The molecular formula is C12H17N3O5. The number of nitrogens with zero attached hydrogens (tertiary/aromatic N) is 3. The zero-order valence-corrected chi connectivity index (χ0v) is 11.4. The molecule has 1 amide bonds. The second kappa shape index (κ2) is 5.59. The van der Waals surface area contributed by atoms with Gasteiger partial charge in [0.15, 0.2) is 5.69 Å². The molecule has 1 saturated heterocycles. The van der Waals surface area contributed by atoms with Gasteiger partial charge in [0.2, 0.25) is 0 Å². The van der Waals surface area contributed by atoms with E-state index in [2.05, 4.69) is 0 Å². The summed E-state index contributed by atoms with van der Waals surface area (Å²) in [5.74, 6) is -0.428. The van der Waals surface area contributed by atoms with Crippen LogP contribution in [0.15, 0.2) is 12.1 Å². The predicted octanol–water partition coefficient (Wildman–Crippen LogP) is 0.155. The smallest absolute Gasteiger partial charge is 0.323 e. The molecule has 1 N–H and O–H groups in total. The first-order valence-corrected chi connectivity index (χ1v) is 6.29. The average Bonchev–Trinajstić information content (AvgIpc) is 2.80. The highest BCUT2D eigenvalue weighted by Crippen LogP contribution is 2.20. The van der Waals surface area contributed by atoms with E-state index in [1.807, 2.05) is 6.92 Å². The number of aliphatic hydroxyl groups excluding tert-OH is 1.